The molecule has 0 radical (unpaired) electrons. The van der Waals surface area contributed by atoms with E-state index in [4.69, 9.17) is 10.5 Å². The first kappa shape index (κ1) is 17.8. The Bertz CT molecular complexity index is 875. The van der Waals surface area contributed by atoms with Crippen LogP contribution in [0.2, 0.25) is 0 Å². The number of sulfone groups is 1. The molecule has 0 saturated carbocycles. The van der Waals surface area contributed by atoms with Gasteiger partial charge in [-0.3, -0.25) is 0 Å². The predicted molar refractivity (Wildman–Crippen MR) is 99.8 cm³/mol. The van der Waals surface area contributed by atoms with Crippen molar-refractivity contribution >= 4 is 27.1 Å². The monoisotopic (exact) mass is 379 g/mol. The van der Waals surface area contributed by atoms with Gasteiger partial charge in [-0.2, -0.15) is 0 Å². The molecule has 2 aromatic rings. The molecule has 0 amide bonds. The molecule has 134 valence electrons. The molecule has 0 aliphatic carbocycles. The summed E-state index contributed by atoms with van der Waals surface area (Å²) in [6, 6.07) is 11.3. The first-order valence-corrected chi connectivity index (χ1v) is 10.6. The molecule has 6 nitrogen and oxygen atoms in total. The number of nitrogens with one attached hydrogen (secondary N) is 1. The zero-order valence-electron chi connectivity index (χ0n) is 13.9. The van der Waals surface area contributed by atoms with E-state index < -0.39 is 9.84 Å². The second-order valence-corrected chi connectivity index (χ2v) is 9.37. The summed E-state index contributed by atoms with van der Waals surface area (Å²) in [7, 11) is -3.16. The number of thiophene rings is 1. The average molecular weight is 380 g/mol. The molecule has 1 aliphatic heterocycles. The lowest BCUT2D eigenvalue weighted by molar-refractivity contribution is 0.262. The summed E-state index contributed by atoms with van der Waals surface area (Å²) in [5.74, 6) is 1.31. The molecule has 1 atom stereocenters. The van der Waals surface area contributed by atoms with E-state index in [1.807, 2.05) is 24.3 Å². The molecule has 0 bridgehead atoms. The fourth-order valence-corrected chi connectivity index (χ4v) is 5.03. The number of guanidine groups is 1. The largest absolute Gasteiger partial charge is 0.493 e. The zero-order valence-corrected chi connectivity index (χ0v) is 15.6. The van der Waals surface area contributed by atoms with Crippen LogP contribution in [0.3, 0.4) is 0 Å². The van der Waals surface area contributed by atoms with Crippen molar-refractivity contribution in [2.24, 2.45) is 10.7 Å². The van der Waals surface area contributed by atoms with Gasteiger partial charge >= 0.3 is 0 Å². The number of fused-ring (bicyclic) bond motifs is 1. The fraction of sp³-hybridized carbons (Fsp3) is 0.353. The Kier molecular flexibility index (Phi) is 5.29. The molecule has 1 aromatic heterocycles. The first-order chi connectivity index (χ1) is 12.0. The molecule has 0 spiro atoms. The van der Waals surface area contributed by atoms with Crippen molar-refractivity contribution in [3.05, 3.63) is 46.8 Å². The average Bonchev–Trinajstić information content (AvgIpc) is 3.10. The number of hydrogen-bond acceptors (Lipinski definition) is 5. The molecule has 0 saturated heterocycles. The molecule has 2 heterocycles. The van der Waals surface area contributed by atoms with Gasteiger partial charge in [0.15, 0.2) is 15.8 Å². The van der Waals surface area contributed by atoms with Crippen molar-refractivity contribution in [1.29, 1.82) is 0 Å². The Labute approximate surface area is 151 Å². The van der Waals surface area contributed by atoms with Gasteiger partial charge in [0.05, 0.1) is 24.9 Å². The number of hydrogen-bond donors (Lipinski definition) is 2. The lowest BCUT2D eigenvalue weighted by Gasteiger charge is -2.26. The minimum Gasteiger partial charge on any atom is -0.493 e. The Balaban J connectivity index is 1.66. The van der Waals surface area contributed by atoms with Crippen molar-refractivity contribution < 1.29 is 13.2 Å². The zero-order chi connectivity index (χ0) is 17.9. The van der Waals surface area contributed by atoms with E-state index in [0.29, 0.717) is 23.3 Å². The number of para-hydroxylation sites is 1. The van der Waals surface area contributed by atoms with E-state index >= 15 is 0 Å². The van der Waals surface area contributed by atoms with Crippen LogP contribution < -0.4 is 15.8 Å². The Morgan fingerprint density at radius 2 is 2.16 bits per heavy atom. The van der Waals surface area contributed by atoms with Gasteiger partial charge in [0, 0.05) is 16.9 Å². The molecule has 1 aromatic carbocycles. The van der Waals surface area contributed by atoms with Gasteiger partial charge < -0.3 is 15.8 Å². The van der Waals surface area contributed by atoms with Gasteiger partial charge in [0.2, 0.25) is 0 Å². The van der Waals surface area contributed by atoms with Gasteiger partial charge in [-0.1, -0.05) is 25.1 Å². The SMILES string of the molecule is CCS(=O)(=O)c1ccc(CN=C(N)NC2CCOc3ccccc32)s1. The van der Waals surface area contributed by atoms with Gasteiger partial charge in [0.1, 0.15) is 9.96 Å². The Morgan fingerprint density at radius 1 is 1.36 bits per heavy atom. The van der Waals surface area contributed by atoms with Gasteiger partial charge in [-0.05, 0) is 18.2 Å². The first-order valence-electron chi connectivity index (χ1n) is 8.09. The summed E-state index contributed by atoms with van der Waals surface area (Å²) in [5, 5.41) is 3.23. The molecular formula is C17H21N3O3S2. The van der Waals surface area contributed by atoms with Crippen LogP contribution >= 0.6 is 11.3 Å². The molecule has 1 unspecified atom stereocenters. The number of aliphatic imine (C=N–C) groups is 1. The highest BCUT2D eigenvalue weighted by Crippen LogP contribution is 2.31. The number of nitrogens with two attached hydrogens (primary N) is 1. The quantitative estimate of drug-likeness (QED) is 0.615. The summed E-state index contributed by atoms with van der Waals surface area (Å²) < 4.78 is 29.7. The maximum absolute atomic E-state index is 11.9. The highest BCUT2D eigenvalue weighted by atomic mass is 32.2. The third-order valence-corrected chi connectivity index (χ3v) is 7.40. The summed E-state index contributed by atoms with van der Waals surface area (Å²) >= 11 is 1.24. The second-order valence-electron chi connectivity index (χ2n) is 5.70. The smallest absolute Gasteiger partial charge is 0.189 e. The molecule has 1 aliphatic rings. The topological polar surface area (TPSA) is 93.8 Å². The third-order valence-electron chi connectivity index (χ3n) is 4.01. The lowest BCUT2D eigenvalue weighted by atomic mass is 10.0. The van der Waals surface area contributed by atoms with Crippen LogP contribution in [0.1, 0.15) is 29.8 Å². The molecule has 25 heavy (non-hydrogen) atoms. The van der Waals surface area contributed by atoms with Gasteiger partial charge in [-0.25, -0.2) is 13.4 Å². The van der Waals surface area contributed by atoms with Crippen LogP contribution in [0.25, 0.3) is 0 Å². The predicted octanol–water partition coefficient (Wildman–Crippen LogP) is 2.47. The highest BCUT2D eigenvalue weighted by Gasteiger charge is 2.21. The third kappa shape index (κ3) is 4.13. The second kappa shape index (κ2) is 7.45. The maximum Gasteiger partial charge on any atom is 0.189 e. The number of rotatable bonds is 5. The van der Waals surface area contributed by atoms with Crippen molar-refractivity contribution in [3.63, 3.8) is 0 Å². The van der Waals surface area contributed by atoms with E-state index in [9.17, 15) is 8.42 Å². The standard InChI is InChI=1S/C17H21N3O3S2/c1-2-25(21,22)16-8-7-12(24-16)11-19-17(18)20-14-9-10-23-15-6-4-3-5-13(14)15/h3-8,14H,2,9-11H2,1H3,(H3,18,19,20). The number of nitrogens with zero attached hydrogens (tertiary/aromatic N) is 1. The van der Waals surface area contributed by atoms with Crippen LogP contribution in [0, 0.1) is 0 Å². The Hall–Kier alpha value is -2.06. The van der Waals surface area contributed by atoms with Crippen molar-refractivity contribution in [2.45, 2.75) is 30.1 Å². The normalized spacial score (nSPS) is 17.6. The maximum atomic E-state index is 11.9. The van der Waals surface area contributed by atoms with E-state index in [1.165, 1.54) is 11.3 Å². The van der Waals surface area contributed by atoms with Crippen LogP contribution in [0.5, 0.6) is 5.75 Å². The molecule has 3 rings (SSSR count). The lowest BCUT2D eigenvalue weighted by Crippen LogP contribution is -2.37. The van der Waals surface area contributed by atoms with E-state index in [0.717, 1.165) is 22.6 Å². The van der Waals surface area contributed by atoms with Crippen LogP contribution in [0.4, 0.5) is 0 Å². The summed E-state index contributed by atoms with van der Waals surface area (Å²) in [6.07, 6.45) is 0.811. The van der Waals surface area contributed by atoms with Crippen molar-refractivity contribution in [3.8, 4) is 5.75 Å². The Morgan fingerprint density at radius 3 is 2.96 bits per heavy atom. The van der Waals surface area contributed by atoms with Crippen molar-refractivity contribution in [2.75, 3.05) is 12.4 Å². The molecule has 8 heteroatoms. The van der Waals surface area contributed by atoms with E-state index in [1.54, 1.807) is 19.1 Å². The summed E-state index contributed by atoms with van der Waals surface area (Å²) in [4.78, 5) is 5.21. The minimum atomic E-state index is -3.16. The summed E-state index contributed by atoms with van der Waals surface area (Å²) in [6.45, 7) is 2.62. The summed E-state index contributed by atoms with van der Waals surface area (Å²) in [5.41, 5.74) is 7.08. The molecular weight excluding hydrogens is 358 g/mol. The molecule has 0 fully saturated rings. The number of benzene rings is 1. The minimum absolute atomic E-state index is 0.0630. The van der Waals surface area contributed by atoms with E-state index in [2.05, 4.69) is 10.3 Å². The van der Waals surface area contributed by atoms with Crippen molar-refractivity contribution in [1.82, 2.24) is 5.32 Å². The van der Waals surface area contributed by atoms with Crippen LogP contribution in [0.15, 0.2) is 45.6 Å². The van der Waals surface area contributed by atoms with Crippen LogP contribution in [-0.4, -0.2) is 26.7 Å². The van der Waals surface area contributed by atoms with Crippen LogP contribution in [-0.2, 0) is 16.4 Å². The highest BCUT2D eigenvalue weighted by molar-refractivity contribution is 7.93. The van der Waals surface area contributed by atoms with E-state index in [-0.39, 0.29) is 11.8 Å². The molecule has 3 N–H and O–H groups in total. The fourth-order valence-electron chi connectivity index (χ4n) is 2.63. The van der Waals surface area contributed by atoms with Gasteiger partial charge in [0.25, 0.3) is 0 Å². The number of ether oxygens (including phenoxy) is 1. The van der Waals surface area contributed by atoms with Gasteiger partial charge in [-0.15, -0.1) is 11.3 Å².